The number of halogens is 1. The third-order valence-electron chi connectivity index (χ3n) is 5.47. The highest BCUT2D eigenvalue weighted by molar-refractivity contribution is 5.42. The van der Waals surface area contributed by atoms with Gasteiger partial charge in [-0.15, -0.1) is 0 Å². The van der Waals surface area contributed by atoms with Gasteiger partial charge in [0, 0.05) is 53.7 Å². The number of hydrogen-bond acceptors (Lipinski definition) is 4. The van der Waals surface area contributed by atoms with Crippen molar-refractivity contribution < 1.29 is 9.13 Å². The average molecular weight is 370 g/mol. The van der Waals surface area contributed by atoms with Gasteiger partial charge in [0.05, 0.1) is 7.11 Å². The van der Waals surface area contributed by atoms with Crippen molar-refractivity contribution in [2.75, 3.05) is 20.2 Å². The monoisotopic (exact) mass is 370 g/mol. The molecule has 0 saturated carbocycles. The summed E-state index contributed by atoms with van der Waals surface area (Å²) in [5.74, 6) is 0.551. The van der Waals surface area contributed by atoms with E-state index in [9.17, 15) is 9.18 Å². The van der Waals surface area contributed by atoms with Gasteiger partial charge in [0.1, 0.15) is 11.6 Å². The lowest BCUT2D eigenvalue weighted by atomic mass is 10.1. The fraction of sp³-hybridized carbons (Fsp3) is 0.400. The van der Waals surface area contributed by atoms with E-state index in [0.29, 0.717) is 29.1 Å². The van der Waals surface area contributed by atoms with Crippen molar-refractivity contribution in [3.8, 4) is 5.75 Å². The van der Waals surface area contributed by atoms with Crippen LogP contribution in [0.15, 0.2) is 29.1 Å². The molecule has 1 aliphatic heterocycles. The Kier molecular flexibility index (Phi) is 4.47. The minimum atomic E-state index is -0.245. The normalized spacial score (nSPS) is 17.7. The first-order valence-corrected chi connectivity index (χ1v) is 9.10. The van der Waals surface area contributed by atoms with E-state index >= 15 is 0 Å². The molecule has 1 fully saturated rings. The smallest absolute Gasteiger partial charge is 0.275 e. The number of benzene rings is 1. The van der Waals surface area contributed by atoms with Gasteiger partial charge in [0.2, 0.25) is 0 Å². The van der Waals surface area contributed by atoms with Crippen LogP contribution in [-0.4, -0.2) is 39.7 Å². The van der Waals surface area contributed by atoms with Crippen LogP contribution in [0.5, 0.6) is 5.75 Å². The molecule has 142 valence electrons. The van der Waals surface area contributed by atoms with Crippen LogP contribution in [0, 0.1) is 19.7 Å². The Morgan fingerprint density at radius 1 is 1.33 bits per heavy atom. The summed E-state index contributed by atoms with van der Waals surface area (Å²) in [5, 5.41) is 3.21. The van der Waals surface area contributed by atoms with E-state index in [4.69, 9.17) is 4.74 Å². The van der Waals surface area contributed by atoms with Gasteiger partial charge in [0.25, 0.3) is 5.56 Å². The lowest BCUT2D eigenvalue weighted by Gasteiger charge is -2.16. The highest BCUT2D eigenvalue weighted by Crippen LogP contribution is 2.28. The zero-order chi connectivity index (χ0) is 19.1. The number of methoxy groups -OCH3 is 1. The molecule has 7 heteroatoms. The maximum absolute atomic E-state index is 14.2. The number of aryl methyl sites for hydroxylation is 1. The summed E-state index contributed by atoms with van der Waals surface area (Å²) in [6.07, 6.45) is 0.956. The Hall–Kier alpha value is -2.67. The number of rotatable bonds is 4. The summed E-state index contributed by atoms with van der Waals surface area (Å²) >= 11 is 0. The predicted octanol–water partition coefficient (Wildman–Crippen LogP) is 2.78. The lowest BCUT2D eigenvalue weighted by Crippen LogP contribution is -2.21. The Morgan fingerprint density at radius 3 is 2.89 bits per heavy atom. The van der Waals surface area contributed by atoms with Gasteiger partial charge in [-0.05, 0) is 32.9 Å². The number of likely N-dealkylation sites (tertiary alicyclic amines) is 1. The second-order valence-electron chi connectivity index (χ2n) is 7.21. The van der Waals surface area contributed by atoms with Crippen molar-refractivity contribution in [3.63, 3.8) is 0 Å². The van der Waals surface area contributed by atoms with E-state index in [0.717, 1.165) is 30.9 Å². The third-order valence-corrected chi connectivity index (χ3v) is 5.47. The fourth-order valence-corrected chi connectivity index (χ4v) is 3.70. The first-order chi connectivity index (χ1) is 13.0. The van der Waals surface area contributed by atoms with Gasteiger partial charge in [-0.1, -0.05) is 6.07 Å². The molecule has 1 saturated heterocycles. The number of ether oxygens (including phenoxy) is 1. The third kappa shape index (κ3) is 3.23. The van der Waals surface area contributed by atoms with Crippen LogP contribution in [0.1, 0.15) is 34.9 Å². The molecule has 3 aromatic rings. The lowest BCUT2D eigenvalue weighted by molar-refractivity contribution is 0.320. The topological polar surface area (TPSA) is 62.6 Å². The zero-order valence-electron chi connectivity index (χ0n) is 15.8. The largest absolute Gasteiger partial charge is 0.497 e. The van der Waals surface area contributed by atoms with E-state index < -0.39 is 0 Å². The standard InChI is InChI=1S/C20H23FN4O2/c1-12-13(2)22-19-9-18(23-25(19)20(12)26)15-6-7-24(11-15)10-14-4-5-16(27-3)8-17(14)21/h4-5,8-9,15,23H,6-7,10-11H2,1-3H3. The minimum Gasteiger partial charge on any atom is -0.497 e. The Balaban J connectivity index is 1.52. The van der Waals surface area contributed by atoms with E-state index in [1.807, 2.05) is 13.0 Å². The van der Waals surface area contributed by atoms with E-state index in [-0.39, 0.29) is 17.3 Å². The Bertz CT molecular complexity index is 1060. The van der Waals surface area contributed by atoms with Gasteiger partial charge in [0.15, 0.2) is 5.65 Å². The summed E-state index contributed by atoms with van der Waals surface area (Å²) in [7, 11) is 1.53. The van der Waals surface area contributed by atoms with Gasteiger partial charge < -0.3 is 4.74 Å². The van der Waals surface area contributed by atoms with Crippen LogP contribution >= 0.6 is 0 Å². The maximum atomic E-state index is 14.2. The second-order valence-corrected chi connectivity index (χ2v) is 7.21. The van der Waals surface area contributed by atoms with Crippen LogP contribution in [0.2, 0.25) is 0 Å². The van der Waals surface area contributed by atoms with Gasteiger partial charge >= 0.3 is 0 Å². The molecular weight excluding hydrogens is 347 g/mol. The zero-order valence-corrected chi connectivity index (χ0v) is 15.8. The minimum absolute atomic E-state index is 0.0566. The number of nitrogens with zero attached hydrogens (tertiary/aromatic N) is 3. The van der Waals surface area contributed by atoms with Crippen LogP contribution in [0.25, 0.3) is 5.65 Å². The van der Waals surface area contributed by atoms with Crippen LogP contribution < -0.4 is 10.3 Å². The number of nitrogens with one attached hydrogen (secondary N) is 1. The molecule has 1 aliphatic rings. The highest BCUT2D eigenvalue weighted by atomic mass is 19.1. The van der Waals surface area contributed by atoms with E-state index in [1.165, 1.54) is 17.7 Å². The molecule has 0 bridgehead atoms. The molecule has 3 heterocycles. The maximum Gasteiger partial charge on any atom is 0.275 e. The van der Waals surface area contributed by atoms with Crippen molar-refractivity contribution in [3.05, 3.63) is 63.0 Å². The van der Waals surface area contributed by atoms with Crippen molar-refractivity contribution in [1.29, 1.82) is 0 Å². The number of fused-ring (bicyclic) bond motifs is 1. The Labute approximate surface area is 156 Å². The Morgan fingerprint density at radius 2 is 2.15 bits per heavy atom. The molecule has 2 aromatic heterocycles. The second kappa shape index (κ2) is 6.81. The van der Waals surface area contributed by atoms with Gasteiger partial charge in [-0.3, -0.25) is 14.8 Å². The average Bonchev–Trinajstić information content (AvgIpc) is 3.28. The summed E-state index contributed by atoms with van der Waals surface area (Å²) in [6.45, 7) is 5.89. The molecule has 0 aliphatic carbocycles. The molecule has 0 radical (unpaired) electrons. The van der Waals surface area contributed by atoms with Gasteiger partial charge in [-0.2, -0.15) is 0 Å². The molecule has 27 heavy (non-hydrogen) atoms. The van der Waals surface area contributed by atoms with E-state index in [1.54, 1.807) is 19.1 Å². The number of aromatic nitrogens is 3. The van der Waals surface area contributed by atoms with Crippen molar-refractivity contribution in [2.45, 2.75) is 32.7 Å². The van der Waals surface area contributed by atoms with E-state index in [2.05, 4.69) is 15.0 Å². The number of H-pyrrole nitrogens is 1. The summed E-state index contributed by atoms with van der Waals surface area (Å²) < 4.78 is 20.8. The van der Waals surface area contributed by atoms with Gasteiger partial charge in [-0.25, -0.2) is 13.9 Å². The molecule has 6 nitrogen and oxygen atoms in total. The van der Waals surface area contributed by atoms with Crippen LogP contribution in [0.4, 0.5) is 4.39 Å². The summed E-state index contributed by atoms with van der Waals surface area (Å²) in [5.41, 5.74) is 3.67. The first-order valence-electron chi connectivity index (χ1n) is 9.10. The summed E-state index contributed by atoms with van der Waals surface area (Å²) in [6, 6.07) is 6.94. The molecular formula is C20H23FN4O2. The summed E-state index contributed by atoms with van der Waals surface area (Å²) in [4.78, 5) is 19.1. The molecule has 1 atom stereocenters. The van der Waals surface area contributed by atoms with Crippen molar-refractivity contribution >= 4 is 5.65 Å². The number of aromatic amines is 1. The number of hydrogen-bond donors (Lipinski definition) is 1. The van der Waals surface area contributed by atoms with Crippen LogP contribution in [-0.2, 0) is 6.54 Å². The first kappa shape index (κ1) is 17.7. The quantitative estimate of drug-likeness (QED) is 0.767. The predicted molar refractivity (Wildman–Crippen MR) is 101 cm³/mol. The molecule has 1 unspecified atom stereocenters. The van der Waals surface area contributed by atoms with Crippen LogP contribution in [0.3, 0.4) is 0 Å². The SMILES string of the molecule is COc1ccc(CN2CCC(c3cc4nc(C)c(C)c(=O)n4[nH]3)C2)c(F)c1. The molecule has 4 rings (SSSR count). The van der Waals surface area contributed by atoms with Crippen molar-refractivity contribution in [2.24, 2.45) is 0 Å². The molecule has 0 amide bonds. The fourth-order valence-electron chi connectivity index (χ4n) is 3.70. The molecule has 0 spiro atoms. The highest BCUT2D eigenvalue weighted by Gasteiger charge is 2.26. The molecule has 1 aromatic carbocycles. The molecule has 1 N–H and O–H groups in total. The van der Waals surface area contributed by atoms with Crippen molar-refractivity contribution in [1.82, 2.24) is 19.5 Å².